The normalized spacial score (nSPS) is 17.9. The van der Waals surface area contributed by atoms with Gasteiger partial charge in [-0.3, -0.25) is 9.78 Å². The number of pyridine rings is 2. The Morgan fingerprint density at radius 1 is 1.22 bits per heavy atom. The number of nitrogens with zero attached hydrogens (tertiary/aromatic N) is 3. The van der Waals surface area contributed by atoms with E-state index in [1.54, 1.807) is 12.1 Å². The molecule has 1 fully saturated rings. The Labute approximate surface area is 229 Å². The number of aromatic nitrogens is 3. The first kappa shape index (κ1) is 24.4. The molecule has 1 aliphatic carbocycles. The van der Waals surface area contributed by atoms with Gasteiger partial charge in [-0.05, 0) is 94.4 Å². The summed E-state index contributed by atoms with van der Waals surface area (Å²) in [5, 5.41) is 13.3. The fourth-order valence-corrected chi connectivity index (χ4v) is 6.91. The van der Waals surface area contributed by atoms with Crippen molar-refractivity contribution >= 4 is 44.3 Å². The van der Waals surface area contributed by atoms with Crippen molar-refractivity contribution < 1.29 is 9.52 Å². The van der Waals surface area contributed by atoms with Crippen LogP contribution in [0.4, 0.5) is 0 Å². The number of hydrogen-bond acceptors (Lipinski definition) is 3. The number of rotatable bonds is 3. The van der Waals surface area contributed by atoms with Gasteiger partial charge in [0, 0.05) is 53.4 Å². The number of aromatic amines is 1. The van der Waals surface area contributed by atoms with E-state index >= 15 is 0 Å². The molecule has 6 nitrogen and oxygen atoms in total. The highest BCUT2D eigenvalue weighted by atomic mass is 79.9. The molecule has 0 bridgehead atoms. The number of amides is 1. The minimum Gasteiger partial charge on any atom is -0.619 e. The third-order valence-corrected chi connectivity index (χ3v) is 8.79. The number of piperidine rings is 1. The third-order valence-electron chi connectivity index (χ3n) is 8.06. The Hall–Kier alpha value is -2.90. The van der Waals surface area contributed by atoms with Crippen LogP contribution in [0.3, 0.4) is 0 Å². The van der Waals surface area contributed by atoms with Gasteiger partial charge in [0.1, 0.15) is 0 Å². The largest absolute Gasteiger partial charge is 0.619 e. The van der Waals surface area contributed by atoms with E-state index in [1.807, 2.05) is 17.3 Å². The van der Waals surface area contributed by atoms with Crippen molar-refractivity contribution in [1.82, 2.24) is 14.9 Å². The number of carbonyl (C=O) groups excluding carboxylic acids is 1. The number of likely N-dealkylation sites (tertiary alicyclic amines) is 1. The summed E-state index contributed by atoms with van der Waals surface area (Å²) in [5.41, 5.74) is 8.16. The van der Waals surface area contributed by atoms with Gasteiger partial charge in [0.05, 0.1) is 22.7 Å². The second kappa shape index (κ2) is 9.76. The van der Waals surface area contributed by atoms with Crippen molar-refractivity contribution in [3.63, 3.8) is 0 Å². The lowest BCUT2D eigenvalue weighted by Gasteiger charge is -2.37. The molecule has 4 aromatic rings. The van der Waals surface area contributed by atoms with Gasteiger partial charge in [-0.25, -0.2) is 0 Å². The van der Waals surface area contributed by atoms with Crippen LogP contribution in [0.25, 0.3) is 10.9 Å². The minimum absolute atomic E-state index is 0.112. The summed E-state index contributed by atoms with van der Waals surface area (Å²) in [5.74, 6) is 0.623. The highest BCUT2D eigenvalue weighted by Crippen LogP contribution is 2.47. The number of benzene rings is 1. The van der Waals surface area contributed by atoms with E-state index in [0.717, 1.165) is 69.8 Å². The second-order valence-corrected chi connectivity index (χ2v) is 11.6. The summed E-state index contributed by atoms with van der Waals surface area (Å²) in [6.07, 6.45) is 10.8. The van der Waals surface area contributed by atoms with Gasteiger partial charge in [-0.1, -0.05) is 11.6 Å². The van der Waals surface area contributed by atoms with Crippen molar-refractivity contribution in [2.45, 2.75) is 44.9 Å². The molecule has 1 saturated heterocycles. The van der Waals surface area contributed by atoms with Gasteiger partial charge in [0.25, 0.3) is 0 Å². The van der Waals surface area contributed by atoms with E-state index < -0.39 is 0 Å². The molecule has 1 atom stereocenters. The smallest absolute Gasteiger partial charge is 0.226 e. The molecule has 0 spiro atoms. The number of H-pyrrole nitrogens is 1. The topological polar surface area (TPSA) is 75.9 Å². The molecule has 8 heteroatoms. The summed E-state index contributed by atoms with van der Waals surface area (Å²) in [7, 11) is 0. The molecule has 190 valence electrons. The Morgan fingerprint density at radius 2 is 1.95 bits per heavy atom. The molecule has 1 amide bonds. The zero-order chi connectivity index (χ0) is 25.7. The van der Waals surface area contributed by atoms with Crippen molar-refractivity contribution in [2.75, 3.05) is 13.1 Å². The fraction of sp³-hybridized carbons (Fsp3) is 0.345. The molecule has 1 N–H and O–H groups in total. The van der Waals surface area contributed by atoms with Crippen LogP contribution in [0.5, 0.6) is 0 Å². The van der Waals surface area contributed by atoms with Crippen molar-refractivity contribution in [3.8, 4) is 0 Å². The second-order valence-electron chi connectivity index (χ2n) is 10.3. The Balaban J connectivity index is 1.34. The lowest BCUT2D eigenvalue weighted by atomic mass is 9.75. The average molecular weight is 580 g/mol. The van der Waals surface area contributed by atoms with Crippen molar-refractivity contribution in [1.29, 1.82) is 0 Å². The van der Waals surface area contributed by atoms with E-state index in [0.29, 0.717) is 12.3 Å². The first-order valence-corrected chi connectivity index (χ1v) is 13.9. The molecule has 1 aliphatic heterocycles. The number of hydrogen-bond donors (Lipinski definition) is 1. The van der Waals surface area contributed by atoms with Crippen LogP contribution < -0.4 is 4.73 Å². The molecular weight excluding hydrogens is 552 g/mol. The van der Waals surface area contributed by atoms with E-state index in [1.165, 1.54) is 40.0 Å². The molecule has 4 heterocycles. The summed E-state index contributed by atoms with van der Waals surface area (Å²) in [4.78, 5) is 23.4. The molecular formula is C29H28BrClN4O2. The maximum atomic E-state index is 13.1. The predicted octanol–water partition coefficient (Wildman–Crippen LogP) is 5.63. The summed E-state index contributed by atoms with van der Waals surface area (Å²) in [6, 6.07) is 7.80. The van der Waals surface area contributed by atoms with Crippen molar-refractivity contribution in [2.24, 2.45) is 5.92 Å². The first-order chi connectivity index (χ1) is 17.9. The molecule has 2 aliphatic rings. The maximum absolute atomic E-state index is 13.1. The van der Waals surface area contributed by atoms with Crippen LogP contribution in [0.1, 0.15) is 52.3 Å². The summed E-state index contributed by atoms with van der Waals surface area (Å²) >= 11 is 10.4. The van der Waals surface area contributed by atoms with E-state index in [-0.39, 0.29) is 11.8 Å². The summed E-state index contributed by atoms with van der Waals surface area (Å²) in [6.45, 7) is 3.59. The van der Waals surface area contributed by atoms with Gasteiger partial charge in [-0.2, -0.15) is 4.73 Å². The van der Waals surface area contributed by atoms with Crippen LogP contribution in [0, 0.1) is 18.0 Å². The van der Waals surface area contributed by atoms with Gasteiger partial charge in [0.2, 0.25) is 5.91 Å². The Kier molecular flexibility index (Phi) is 6.45. The average Bonchev–Trinajstić information content (AvgIpc) is 3.21. The Bertz CT molecular complexity index is 1490. The third kappa shape index (κ3) is 4.53. The van der Waals surface area contributed by atoms with Crippen molar-refractivity contribution in [3.05, 3.63) is 97.3 Å². The molecule has 6 rings (SSSR count). The monoisotopic (exact) mass is 578 g/mol. The molecule has 3 aromatic heterocycles. The highest BCUT2D eigenvalue weighted by molar-refractivity contribution is 9.10. The maximum Gasteiger partial charge on any atom is 0.226 e. The predicted molar refractivity (Wildman–Crippen MR) is 148 cm³/mol. The van der Waals surface area contributed by atoms with Crippen LogP contribution in [-0.4, -0.2) is 33.9 Å². The zero-order valence-electron chi connectivity index (χ0n) is 20.6. The van der Waals surface area contributed by atoms with Gasteiger partial charge in [-0.15, -0.1) is 0 Å². The van der Waals surface area contributed by atoms with Crippen LogP contribution in [-0.2, 0) is 24.1 Å². The van der Waals surface area contributed by atoms with Crippen LogP contribution >= 0.6 is 27.5 Å². The number of carbonyl (C=O) groups is 1. The fourth-order valence-electron chi connectivity index (χ4n) is 6.25. The number of fused-ring (bicyclic) bond motifs is 4. The Morgan fingerprint density at radius 3 is 2.70 bits per heavy atom. The molecule has 37 heavy (non-hydrogen) atoms. The minimum atomic E-state index is 0.112. The molecule has 1 aromatic carbocycles. The number of nitrogens with one attached hydrogen (secondary N) is 1. The zero-order valence-corrected chi connectivity index (χ0v) is 23.0. The van der Waals surface area contributed by atoms with Crippen LogP contribution in [0.2, 0.25) is 5.02 Å². The lowest BCUT2D eigenvalue weighted by Crippen LogP contribution is -2.41. The number of halogens is 2. The van der Waals surface area contributed by atoms with Gasteiger partial charge >= 0.3 is 0 Å². The quantitative estimate of drug-likeness (QED) is 0.252. The molecule has 0 saturated carbocycles. The van der Waals surface area contributed by atoms with Gasteiger partial charge in [0.15, 0.2) is 12.4 Å². The van der Waals surface area contributed by atoms with E-state index in [2.05, 4.69) is 40.0 Å². The summed E-state index contributed by atoms with van der Waals surface area (Å²) < 4.78 is 1.74. The van der Waals surface area contributed by atoms with E-state index in [9.17, 15) is 10.0 Å². The van der Waals surface area contributed by atoms with Gasteiger partial charge < -0.3 is 15.1 Å². The standard InChI is InChI=1S/C29H28BrClN4O2/c1-17-15-32-29-23(31)14-20-2-3-21-13-22(30)16-33-28(21)27(26(20)25(17)29)19-6-8-34(9-7-19)24(36)12-18-4-10-35(37)11-5-18/h4-5,10-11,13-16,19,27,32H,2-3,6-9,12H2,1H3. The number of aryl methyl sites for hydroxylation is 3. The van der Waals surface area contributed by atoms with E-state index in [4.69, 9.17) is 16.6 Å². The highest BCUT2D eigenvalue weighted by Gasteiger charge is 2.36. The van der Waals surface area contributed by atoms with Crippen LogP contribution in [0.15, 0.2) is 53.5 Å². The molecule has 0 radical (unpaired) electrons. The lowest BCUT2D eigenvalue weighted by molar-refractivity contribution is -0.605. The molecule has 1 unspecified atom stereocenters. The first-order valence-electron chi connectivity index (χ1n) is 12.8. The SMILES string of the molecule is Cc1c[nH]c2c(Cl)cc3c(c12)C(C1CCN(C(=O)Cc2cc[n+]([O-])cc2)CC1)c1ncc(Br)cc1CC3.